The number of esters is 1. The van der Waals surface area contributed by atoms with Gasteiger partial charge in [-0.05, 0) is 30.7 Å². The van der Waals surface area contributed by atoms with Crippen molar-refractivity contribution in [3.8, 4) is 0 Å². The Morgan fingerprint density at radius 1 is 1.14 bits per heavy atom. The maximum Gasteiger partial charge on any atom is 0.340 e. The minimum absolute atomic E-state index is 0.223. The Labute approximate surface area is 173 Å². The maximum absolute atomic E-state index is 13.1. The van der Waals surface area contributed by atoms with Gasteiger partial charge >= 0.3 is 5.97 Å². The summed E-state index contributed by atoms with van der Waals surface area (Å²) in [6.07, 6.45) is 2.39. The lowest BCUT2D eigenvalue weighted by atomic mass is 10.2. The zero-order valence-electron chi connectivity index (χ0n) is 16.0. The fraction of sp³-hybridized carbons (Fsp3) is 0.200. The van der Waals surface area contributed by atoms with Gasteiger partial charge in [-0.2, -0.15) is 0 Å². The number of ether oxygens (including phenoxy) is 1. The van der Waals surface area contributed by atoms with Crippen molar-refractivity contribution in [2.24, 2.45) is 0 Å². The first-order chi connectivity index (χ1) is 13.6. The average molecular weight is 435 g/mol. The molecule has 2 aromatic carbocycles. The third kappa shape index (κ3) is 3.99. The van der Waals surface area contributed by atoms with Crippen molar-refractivity contribution >= 4 is 50.1 Å². The number of aromatic nitrogens is 1. The Balaban J connectivity index is 2.08. The van der Waals surface area contributed by atoms with Gasteiger partial charge in [0, 0.05) is 16.6 Å². The van der Waals surface area contributed by atoms with Crippen molar-refractivity contribution in [2.75, 3.05) is 24.2 Å². The number of nitrogens with zero attached hydrogens (tertiary/aromatic N) is 2. The molecule has 152 valence electrons. The molecule has 0 bridgehead atoms. The van der Waals surface area contributed by atoms with Crippen LogP contribution in [0.25, 0.3) is 10.9 Å². The predicted molar refractivity (Wildman–Crippen MR) is 112 cm³/mol. The smallest absolute Gasteiger partial charge is 0.340 e. The summed E-state index contributed by atoms with van der Waals surface area (Å²) in [7, 11) is -2.53. The highest BCUT2D eigenvalue weighted by molar-refractivity contribution is 7.92. The van der Waals surface area contributed by atoms with E-state index in [0.717, 1.165) is 10.6 Å². The Morgan fingerprint density at radius 3 is 2.48 bits per heavy atom. The van der Waals surface area contributed by atoms with E-state index in [1.807, 2.05) is 0 Å². The van der Waals surface area contributed by atoms with Crippen molar-refractivity contribution in [1.82, 2.24) is 4.57 Å². The number of anilines is 1. The number of carbonyl (C=O) groups is 2. The summed E-state index contributed by atoms with van der Waals surface area (Å²) >= 11 is 6.13. The molecule has 0 saturated heterocycles. The van der Waals surface area contributed by atoms with Crippen LogP contribution < -0.4 is 4.31 Å². The van der Waals surface area contributed by atoms with E-state index in [1.54, 1.807) is 49.4 Å². The minimum atomic E-state index is -3.78. The largest absolute Gasteiger partial charge is 0.465 e. The van der Waals surface area contributed by atoms with Crippen LogP contribution in [-0.2, 0) is 14.8 Å². The zero-order chi connectivity index (χ0) is 21.3. The third-order valence-corrected chi connectivity index (χ3v) is 6.11. The summed E-state index contributed by atoms with van der Waals surface area (Å²) in [5.41, 5.74) is 1.56. The maximum atomic E-state index is 13.1. The number of rotatable bonds is 5. The van der Waals surface area contributed by atoms with E-state index < -0.39 is 28.4 Å². The minimum Gasteiger partial charge on any atom is -0.465 e. The SMILES string of the molecule is COC(=O)c1cn(C(=O)CN(c2cccc(Cl)c2C)S(C)(=O)=O)c2ccccc12. The summed E-state index contributed by atoms with van der Waals surface area (Å²) in [5.74, 6) is -1.11. The summed E-state index contributed by atoms with van der Waals surface area (Å²) in [6, 6.07) is 11.7. The number of fused-ring (bicyclic) bond motifs is 1. The number of carbonyl (C=O) groups excluding carboxylic acids is 2. The molecule has 0 saturated carbocycles. The monoisotopic (exact) mass is 434 g/mol. The lowest BCUT2D eigenvalue weighted by molar-refractivity contribution is 0.0603. The molecule has 0 aliphatic carbocycles. The number of para-hydroxylation sites is 1. The molecule has 1 aromatic heterocycles. The molecule has 0 radical (unpaired) electrons. The van der Waals surface area contributed by atoms with Gasteiger partial charge in [-0.3, -0.25) is 13.7 Å². The van der Waals surface area contributed by atoms with Crippen LogP contribution in [-0.4, -0.2) is 44.8 Å². The normalized spacial score (nSPS) is 11.4. The van der Waals surface area contributed by atoms with Gasteiger partial charge in [-0.25, -0.2) is 13.2 Å². The van der Waals surface area contributed by atoms with Gasteiger partial charge in [0.1, 0.15) is 6.54 Å². The van der Waals surface area contributed by atoms with Gasteiger partial charge in [0.25, 0.3) is 5.91 Å². The van der Waals surface area contributed by atoms with Crippen molar-refractivity contribution in [3.63, 3.8) is 0 Å². The standard InChI is InChI=1S/C20H19ClN2O5S/c1-13-16(21)8-6-10-17(13)23(29(3,26)27)12-19(24)22-11-15(20(25)28-2)14-7-4-5-9-18(14)22/h4-11H,12H2,1-3H3. The van der Waals surface area contributed by atoms with Gasteiger partial charge in [-0.15, -0.1) is 0 Å². The molecule has 0 unspecified atom stereocenters. The highest BCUT2D eigenvalue weighted by Gasteiger charge is 2.26. The Bertz CT molecular complexity index is 1220. The number of benzene rings is 2. The first kappa shape index (κ1) is 20.9. The summed E-state index contributed by atoms with van der Waals surface area (Å²) in [4.78, 5) is 25.2. The first-order valence-electron chi connectivity index (χ1n) is 8.59. The molecule has 9 heteroatoms. The molecule has 3 aromatic rings. The molecule has 1 heterocycles. The molecule has 0 N–H and O–H groups in total. The third-order valence-electron chi connectivity index (χ3n) is 4.57. The molecular weight excluding hydrogens is 416 g/mol. The second kappa shape index (κ2) is 7.88. The molecule has 0 aliphatic rings. The lowest BCUT2D eigenvalue weighted by Gasteiger charge is -2.24. The van der Waals surface area contributed by atoms with Gasteiger partial charge < -0.3 is 4.74 Å². The van der Waals surface area contributed by atoms with Crippen molar-refractivity contribution < 1.29 is 22.7 Å². The van der Waals surface area contributed by atoms with E-state index in [9.17, 15) is 18.0 Å². The Hall–Kier alpha value is -2.84. The molecule has 0 atom stereocenters. The molecule has 29 heavy (non-hydrogen) atoms. The molecule has 3 rings (SSSR count). The number of halogens is 1. The molecule has 7 nitrogen and oxygen atoms in total. The highest BCUT2D eigenvalue weighted by atomic mass is 35.5. The van der Waals surface area contributed by atoms with E-state index in [0.29, 0.717) is 27.2 Å². The average Bonchev–Trinajstić information content (AvgIpc) is 3.07. The van der Waals surface area contributed by atoms with E-state index in [2.05, 4.69) is 0 Å². The topological polar surface area (TPSA) is 85.7 Å². The van der Waals surface area contributed by atoms with Gasteiger partial charge in [0.15, 0.2) is 0 Å². The number of methoxy groups -OCH3 is 1. The van der Waals surface area contributed by atoms with Crippen LogP contribution in [0.2, 0.25) is 5.02 Å². The molecule has 0 spiro atoms. The van der Waals surface area contributed by atoms with Crippen LogP contribution in [0.5, 0.6) is 0 Å². The number of hydrogen-bond acceptors (Lipinski definition) is 5. The van der Waals surface area contributed by atoms with Gasteiger partial charge in [-0.1, -0.05) is 35.9 Å². The fourth-order valence-electron chi connectivity index (χ4n) is 3.10. The predicted octanol–water partition coefficient (Wildman–Crippen LogP) is 3.50. The van der Waals surface area contributed by atoms with Crippen LogP contribution >= 0.6 is 11.6 Å². The fourth-order valence-corrected chi connectivity index (χ4v) is 4.17. The van der Waals surface area contributed by atoms with Crippen molar-refractivity contribution in [3.05, 3.63) is 64.8 Å². The molecule has 0 amide bonds. The van der Waals surface area contributed by atoms with Gasteiger partial charge in [0.2, 0.25) is 10.0 Å². The van der Waals surface area contributed by atoms with Crippen molar-refractivity contribution in [2.45, 2.75) is 6.92 Å². The Morgan fingerprint density at radius 2 is 1.83 bits per heavy atom. The zero-order valence-corrected chi connectivity index (χ0v) is 17.6. The van der Waals surface area contributed by atoms with E-state index >= 15 is 0 Å². The number of sulfonamides is 1. The van der Waals surface area contributed by atoms with E-state index in [-0.39, 0.29) is 5.56 Å². The van der Waals surface area contributed by atoms with Crippen LogP contribution in [0.15, 0.2) is 48.7 Å². The van der Waals surface area contributed by atoms with Crippen LogP contribution in [0.4, 0.5) is 5.69 Å². The van der Waals surface area contributed by atoms with E-state index in [1.165, 1.54) is 17.9 Å². The van der Waals surface area contributed by atoms with Gasteiger partial charge in [0.05, 0.1) is 30.1 Å². The second-order valence-electron chi connectivity index (χ2n) is 6.47. The Kier molecular flexibility index (Phi) is 5.68. The van der Waals surface area contributed by atoms with E-state index in [4.69, 9.17) is 16.3 Å². The van der Waals surface area contributed by atoms with Crippen LogP contribution in [0.1, 0.15) is 20.7 Å². The molecular formula is C20H19ClN2O5S. The quantitative estimate of drug-likeness (QED) is 0.574. The highest BCUT2D eigenvalue weighted by Crippen LogP contribution is 2.29. The van der Waals surface area contributed by atoms with Crippen LogP contribution in [0, 0.1) is 6.92 Å². The first-order valence-corrected chi connectivity index (χ1v) is 10.8. The summed E-state index contributed by atoms with van der Waals surface area (Å²) in [6.45, 7) is 1.22. The second-order valence-corrected chi connectivity index (χ2v) is 8.78. The summed E-state index contributed by atoms with van der Waals surface area (Å²) < 4.78 is 31.9. The summed E-state index contributed by atoms with van der Waals surface area (Å²) in [5, 5.41) is 0.931. The molecule has 0 aliphatic heterocycles. The molecule has 0 fully saturated rings. The van der Waals surface area contributed by atoms with Crippen LogP contribution in [0.3, 0.4) is 0 Å². The number of hydrogen-bond donors (Lipinski definition) is 0. The lowest BCUT2D eigenvalue weighted by Crippen LogP contribution is -2.37. The van der Waals surface area contributed by atoms with Crippen molar-refractivity contribution in [1.29, 1.82) is 0 Å².